The highest BCUT2D eigenvalue weighted by Gasteiger charge is 2.82. The van der Waals surface area contributed by atoms with Crippen LogP contribution in [0.3, 0.4) is 0 Å². The van der Waals surface area contributed by atoms with Crippen LogP contribution in [0.25, 0.3) is 0 Å². The molecule has 0 amide bonds. The van der Waals surface area contributed by atoms with Crippen LogP contribution in [0.4, 0.5) is 0 Å². The van der Waals surface area contributed by atoms with Crippen molar-refractivity contribution in [3.8, 4) is 0 Å². The second-order valence-corrected chi connectivity index (χ2v) is 8.61. The number of rotatable bonds is 4. The highest BCUT2D eigenvalue weighted by atomic mass is 16.2. The summed E-state index contributed by atoms with van der Waals surface area (Å²) in [7, 11) is 0. The molecule has 6 heteroatoms. The molecule has 0 spiro atoms. The molecule has 2 unspecified atom stereocenters. The Balaban J connectivity index is 2.49. The topological polar surface area (TPSA) is 102 Å². The monoisotopic (exact) mass is 386 g/mol. The van der Waals surface area contributed by atoms with Gasteiger partial charge in [0.05, 0.1) is 23.7 Å². The molecule has 0 saturated heterocycles. The van der Waals surface area contributed by atoms with Crippen molar-refractivity contribution in [1.82, 2.24) is 0 Å². The van der Waals surface area contributed by atoms with E-state index < -0.39 is 69.2 Å². The summed E-state index contributed by atoms with van der Waals surface area (Å²) in [5, 5.41) is 0. The number of carbonyl (C=O) groups excluding carboxylic acids is 6. The molecule has 3 aliphatic carbocycles. The molecule has 28 heavy (non-hydrogen) atoms. The molecule has 0 N–H and O–H groups in total. The molecule has 0 aromatic rings. The van der Waals surface area contributed by atoms with Gasteiger partial charge in [-0.15, -0.1) is 0 Å². The number of carbonyl (C=O) groups is 6. The minimum Gasteiger partial charge on any atom is -0.299 e. The van der Waals surface area contributed by atoms with Crippen LogP contribution < -0.4 is 0 Å². The summed E-state index contributed by atoms with van der Waals surface area (Å²) in [6, 6.07) is 0. The van der Waals surface area contributed by atoms with E-state index in [1.165, 1.54) is 27.7 Å². The molecule has 0 aromatic carbocycles. The summed E-state index contributed by atoms with van der Waals surface area (Å²) in [6.45, 7) is 5.12. The first-order chi connectivity index (χ1) is 13.1. The minimum atomic E-state index is -1.31. The van der Waals surface area contributed by atoms with Crippen molar-refractivity contribution in [2.75, 3.05) is 0 Å². The Labute approximate surface area is 164 Å². The molecule has 0 radical (unpaired) electrons. The summed E-state index contributed by atoms with van der Waals surface area (Å²) in [5.74, 6) is -7.65. The van der Waals surface area contributed by atoms with E-state index in [4.69, 9.17) is 0 Å². The SMILES string of the molecule is CC(=O)[C@@H]1C(=O)[C@H](C(C)=O)C23CCC=CCCC12[C@@H](C(C)=O)C(=O)[C@H]3C(C)=O. The van der Waals surface area contributed by atoms with Gasteiger partial charge in [-0.05, 0) is 53.4 Å². The standard InChI is InChI=1S/C22H26O6/c1-11(23)15-19(27)16(12(2)24)22-10-8-6-5-7-9-21(15,22)17(13(3)25)20(28)18(22)14(4)26/h5-6,15-18H,7-10H2,1-4H3/t15-,16+,17+,18-,21?,22?. The van der Waals surface area contributed by atoms with E-state index in [2.05, 4.69) is 0 Å². The molecule has 2 fully saturated rings. The van der Waals surface area contributed by atoms with Crippen molar-refractivity contribution in [2.24, 2.45) is 34.5 Å². The number of hydrogen-bond acceptors (Lipinski definition) is 6. The average molecular weight is 386 g/mol. The average Bonchev–Trinajstić information content (AvgIpc) is 2.85. The fraction of sp³-hybridized carbons (Fsp3) is 0.636. The maximum absolute atomic E-state index is 13.4. The van der Waals surface area contributed by atoms with Crippen LogP contribution in [0, 0.1) is 34.5 Å². The summed E-state index contributed by atoms with van der Waals surface area (Å²) in [5.41, 5.74) is -2.62. The highest BCUT2D eigenvalue weighted by molar-refractivity contribution is 6.22. The van der Waals surface area contributed by atoms with E-state index in [1.807, 2.05) is 12.2 Å². The van der Waals surface area contributed by atoms with Gasteiger partial charge in [0.1, 0.15) is 23.1 Å². The first-order valence-electron chi connectivity index (χ1n) is 9.80. The van der Waals surface area contributed by atoms with E-state index >= 15 is 0 Å². The van der Waals surface area contributed by atoms with Crippen LogP contribution in [-0.4, -0.2) is 34.7 Å². The zero-order chi connectivity index (χ0) is 21.0. The second-order valence-electron chi connectivity index (χ2n) is 8.61. The van der Waals surface area contributed by atoms with Crippen LogP contribution in [0.5, 0.6) is 0 Å². The normalized spacial score (nSPS) is 39.7. The van der Waals surface area contributed by atoms with E-state index in [-0.39, 0.29) is 12.8 Å². The lowest BCUT2D eigenvalue weighted by Crippen LogP contribution is -2.51. The Kier molecular flexibility index (Phi) is 4.89. The number of Topliss-reactive ketones (excluding diaryl/α,β-unsaturated/α-hetero) is 6. The molecule has 0 aliphatic heterocycles. The Hall–Kier alpha value is -2.24. The van der Waals surface area contributed by atoms with E-state index in [0.29, 0.717) is 12.8 Å². The molecule has 150 valence electrons. The largest absolute Gasteiger partial charge is 0.299 e. The number of ketones is 6. The molecule has 6 nitrogen and oxygen atoms in total. The van der Waals surface area contributed by atoms with Gasteiger partial charge in [-0.2, -0.15) is 0 Å². The van der Waals surface area contributed by atoms with Gasteiger partial charge < -0.3 is 0 Å². The summed E-state index contributed by atoms with van der Waals surface area (Å²) >= 11 is 0. The lowest BCUT2D eigenvalue weighted by molar-refractivity contribution is -0.143. The molecule has 3 aliphatic rings. The Bertz CT molecular complexity index is 716. The van der Waals surface area contributed by atoms with Crippen LogP contribution in [0.2, 0.25) is 0 Å². The van der Waals surface area contributed by atoms with Crippen LogP contribution in [0.1, 0.15) is 53.4 Å². The molecule has 0 aromatic heterocycles. The molecule has 0 heterocycles. The third-order valence-electron chi connectivity index (χ3n) is 7.31. The zero-order valence-corrected chi connectivity index (χ0v) is 16.7. The fourth-order valence-corrected chi connectivity index (χ4v) is 6.93. The van der Waals surface area contributed by atoms with E-state index in [0.717, 1.165) is 0 Å². The Morgan fingerprint density at radius 1 is 0.643 bits per heavy atom. The van der Waals surface area contributed by atoms with Gasteiger partial charge in [-0.3, -0.25) is 28.8 Å². The number of allylic oxidation sites excluding steroid dienone is 2. The van der Waals surface area contributed by atoms with Crippen molar-refractivity contribution < 1.29 is 28.8 Å². The van der Waals surface area contributed by atoms with E-state index in [1.54, 1.807) is 0 Å². The smallest absolute Gasteiger partial charge is 0.154 e. The van der Waals surface area contributed by atoms with Crippen molar-refractivity contribution in [3.63, 3.8) is 0 Å². The van der Waals surface area contributed by atoms with Gasteiger partial charge in [0, 0.05) is 10.8 Å². The lowest BCUT2D eigenvalue weighted by atomic mass is 9.51. The first-order valence-corrected chi connectivity index (χ1v) is 9.80. The third kappa shape index (κ3) is 2.26. The third-order valence-corrected chi connectivity index (χ3v) is 7.31. The maximum atomic E-state index is 13.4. The van der Waals surface area contributed by atoms with Gasteiger partial charge in [0.2, 0.25) is 0 Å². The predicted octanol–water partition coefficient (Wildman–Crippen LogP) is 2.08. The number of hydrogen-bond donors (Lipinski definition) is 0. The van der Waals surface area contributed by atoms with Crippen molar-refractivity contribution >= 4 is 34.7 Å². The first kappa shape index (κ1) is 20.5. The van der Waals surface area contributed by atoms with Crippen LogP contribution >= 0.6 is 0 Å². The zero-order valence-electron chi connectivity index (χ0n) is 16.7. The molecule has 2 saturated carbocycles. The summed E-state index contributed by atoms with van der Waals surface area (Å²) < 4.78 is 0. The molecular formula is C22H26O6. The fourth-order valence-electron chi connectivity index (χ4n) is 6.93. The van der Waals surface area contributed by atoms with E-state index in [9.17, 15) is 28.8 Å². The highest BCUT2D eigenvalue weighted by Crippen LogP contribution is 2.74. The summed E-state index contributed by atoms with van der Waals surface area (Å²) in [4.78, 5) is 77.7. The Morgan fingerprint density at radius 3 is 1.11 bits per heavy atom. The van der Waals surface area contributed by atoms with Gasteiger partial charge in [-0.25, -0.2) is 0 Å². The molecule has 6 atom stereocenters. The quantitative estimate of drug-likeness (QED) is 0.541. The lowest BCUT2D eigenvalue weighted by Gasteiger charge is -2.48. The minimum absolute atomic E-state index is 0.253. The van der Waals surface area contributed by atoms with Crippen LogP contribution in [0.15, 0.2) is 12.2 Å². The van der Waals surface area contributed by atoms with Gasteiger partial charge in [0.15, 0.2) is 11.6 Å². The van der Waals surface area contributed by atoms with Gasteiger partial charge >= 0.3 is 0 Å². The van der Waals surface area contributed by atoms with Gasteiger partial charge in [-0.1, -0.05) is 12.2 Å². The maximum Gasteiger partial charge on any atom is 0.154 e. The second kappa shape index (κ2) is 6.68. The molecular weight excluding hydrogens is 360 g/mol. The van der Waals surface area contributed by atoms with Crippen molar-refractivity contribution in [1.29, 1.82) is 0 Å². The molecule has 3 rings (SSSR count). The summed E-state index contributed by atoms with van der Waals surface area (Å²) in [6.07, 6.45) is 5.30. The Morgan fingerprint density at radius 2 is 0.893 bits per heavy atom. The molecule has 0 bridgehead atoms. The van der Waals surface area contributed by atoms with Crippen LogP contribution in [-0.2, 0) is 28.8 Å². The predicted molar refractivity (Wildman–Crippen MR) is 99.2 cm³/mol. The van der Waals surface area contributed by atoms with Crippen molar-refractivity contribution in [3.05, 3.63) is 12.2 Å². The van der Waals surface area contributed by atoms with Crippen molar-refractivity contribution in [2.45, 2.75) is 53.4 Å². The van der Waals surface area contributed by atoms with Gasteiger partial charge in [0.25, 0.3) is 0 Å².